The van der Waals surface area contributed by atoms with E-state index in [1.165, 1.54) is 18.6 Å². The van der Waals surface area contributed by atoms with E-state index in [1.54, 1.807) is 48.4 Å². The van der Waals surface area contributed by atoms with E-state index in [2.05, 4.69) is 16.9 Å². The number of nitrogens with zero attached hydrogens (tertiary/aromatic N) is 2. The molecule has 1 aromatic carbocycles. The molecule has 1 aromatic heterocycles. The first-order valence-corrected chi connectivity index (χ1v) is 10.1. The van der Waals surface area contributed by atoms with Crippen LogP contribution in [0.15, 0.2) is 70.5 Å². The normalized spacial score (nSPS) is 14.6. The molecule has 1 aliphatic rings. The van der Waals surface area contributed by atoms with Gasteiger partial charge in [0.1, 0.15) is 17.6 Å². The molecule has 168 valence electrons. The molecular weight excluding hydrogens is 412 g/mol. The van der Waals surface area contributed by atoms with Gasteiger partial charge in [0.15, 0.2) is 5.76 Å². The van der Waals surface area contributed by atoms with Crippen molar-refractivity contribution in [2.75, 3.05) is 25.5 Å². The van der Waals surface area contributed by atoms with Gasteiger partial charge in [-0.1, -0.05) is 6.58 Å². The first-order chi connectivity index (χ1) is 15.5. The van der Waals surface area contributed by atoms with Crippen molar-refractivity contribution in [3.05, 3.63) is 72.5 Å². The number of amides is 2. The molecule has 1 saturated heterocycles. The van der Waals surface area contributed by atoms with Crippen LogP contribution in [0, 0.1) is 0 Å². The average Bonchev–Trinajstić information content (AvgIpc) is 3.27. The first-order valence-electron chi connectivity index (χ1n) is 10.1. The number of anilines is 1. The molecular formula is C23H26N4O5. The highest BCUT2D eigenvalue weighted by atomic mass is 16.5. The van der Waals surface area contributed by atoms with Crippen molar-refractivity contribution in [3.8, 4) is 5.75 Å². The molecule has 1 fully saturated rings. The van der Waals surface area contributed by atoms with Crippen LogP contribution in [0.3, 0.4) is 0 Å². The zero-order chi connectivity index (χ0) is 22.9. The summed E-state index contributed by atoms with van der Waals surface area (Å²) in [7, 11) is 1.56. The number of allylic oxidation sites excluding steroid dienone is 1. The highest BCUT2D eigenvalue weighted by Crippen LogP contribution is 2.21. The van der Waals surface area contributed by atoms with Crippen LogP contribution in [-0.4, -0.2) is 49.2 Å². The van der Waals surface area contributed by atoms with E-state index in [0.29, 0.717) is 43.0 Å². The Kier molecular flexibility index (Phi) is 7.69. The molecule has 0 spiro atoms. The van der Waals surface area contributed by atoms with Gasteiger partial charge in [0.25, 0.3) is 11.8 Å². The molecule has 2 amide bonds. The lowest BCUT2D eigenvalue weighted by molar-refractivity contribution is 0.0438. The number of hydrogen-bond donors (Lipinski definition) is 2. The van der Waals surface area contributed by atoms with Gasteiger partial charge in [-0.3, -0.25) is 19.9 Å². The molecule has 3 N–H and O–H groups in total. The molecule has 0 unspecified atom stereocenters. The highest BCUT2D eigenvalue weighted by Gasteiger charge is 2.26. The average molecular weight is 438 g/mol. The minimum absolute atomic E-state index is 0.0456. The number of furan rings is 1. The number of ether oxygens (including phenoxy) is 2. The van der Waals surface area contributed by atoms with Crippen molar-refractivity contribution in [2.24, 2.45) is 10.7 Å². The van der Waals surface area contributed by atoms with Gasteiger partial charge in [-0.25, -0.2) is 0 Å². The summed E-state index contributed by atoms with van der Waals surface area (Å²) in [6.45, 7) is 4.83. The van der Waals surface area contributed by atoms with Crippen LogP contribution in [0.4, 0.5) is 5.88 Å². The minimum atomic E-state index is -0.343. The number of benzene rings is 1. The Morgan fingerprint density at radius 3 is 2.59 bits per heavy atom. The van der Waals surface area contributed by atoms with Crippen LogP contribution in [-0.2, 0) is 4.74 Å². The Labute approximate surface area is 186 Å². The molecule has 0 aliphatic carbocycles. The van der Waals surface area contributed by atoms with Gasteiger partial charge in [0.2, 0.25) is 5.88 Å². The summed E-state index contributed by atoms with van der Waals surface area (Å²) in [5.74, 6) is 0.888. The predicted octanol–water partition coefficient (Wildman–Crippen LogP) is 3.18. The summed E-state index contributed by atoms with van der Waals surface area (Å²) >= 11 is 0. The Morgan fingerprint density at radius 1 is 1.22 bits per heavy atom. The molecule has 0 radical (unpaired) electrons. The summed E-state index contributed by atoms with van der Waals surface area (Å²) in [5.41, 5.74) is 5.66. The Morgan fingerprint density at radius 2 is 1.94 bits per heavy atom. The predicted molar refractivity (Wildman–Crippen MR) is 121 cm³/mol. The van der Waals surface area contributed by atoms with Crippen molar-refractivity contribution < 1.29 is 23.5 Å². The number of nitrogens with two attached hydrogens (primary N) is 1. The monoisotopic (exact) mass is 438 g/mol. The lowest BCUT2D eigenvalue weighted by atomic mass is 10.1. The lowest BCUT2D eigenvalue weighted by Gasteiger charge is -2.31. The Bertz CT molecular complexity index is 1000. The van der Waals surface area contributed by atoms with E-state index < -0.39 is 0 Å². The van der Waals surface area contributed by atoms with Crippen molar-refractivity contribution in [1.82, 2.24) is 4.90 Å². The summed E-state index contributed by atoms with van der Waals surface area (Å²) in [5, 5.41) is 2.65. The fourth-order valence-electron chi connectivity index (χ4n) is 3.20. The number of likely N-dealkylation sites (tertiary alicyclic amines) is 1. The summed E-state index contributed by atoms with van der Waals surface area (Å²) in [6.07, 6.45) is 5.52. The summed E-state index contributed by atoms with van der Waals surface area (Å²) < 4.78 is 16.4. The molecule has 9 nitrogen and oxygen atoms in total. The van der Waals surface area contributed by atoms with E-state index in [1.807, 2.05) is 0 Å². The van der Waals surface area contributed by atoms with Gasteiger partial charge in [0.05, 0.1) is 13.3 Å². The molecule has 3 rings (SSSR count). The molecule has 0 bridgehead atoms. The van der Waals surface area contributed by atoms with E-state index in [-0.39, 0.29) is 29.6 Å². The third-order valence-electron chi connectivity index (χ3n) is 4.84. The second kappa shape index (κ2) is 10.9. The molecule has 2 aromatic rings. The van der Waals surface area contributed by atoms with Gasteiger partial charge in [0, 0.05) is 50.0 Å². The second-order valence-electron chi connectivity index (χ2n) is 7.04. The highest BCUT2D eigenvalue weighted by molar-refractivity contribution is 6.04. The van der Waals surface area contributed by atoms with E-state index in [0.717, 1.165) is 0 Å². The van der Waals surface area contributed by atoms with Crippen molar-refractivity contribution in [1.29, 1.82) is 0 Å². The van der Waals surface area contributed by atoms with Crippen LogP contribution >= 0.6 is 0 Å². The van der Waals surface area contributed by atoms with Crippen LogP contribution in [0.5, 0.6) is 5.75 Å². The van der Waals surface area contributed by atoms with Gasteiger partial charge in [-0.05, 0) is 30.3 Å². The SMILES string of the molecule is C=C(/C=N\C=C/N)OC1CCN(C(=O)c2ccc(NC(=O)c3ccc(OC)cc3)o2)CC1. The summed E-state index contributed by atoms with van der Waals surface area (Å²) in [6, 6.07) is 9.79. The number of aliphatic imine (C=N–C) groups is 1. The van der Waals surface area contributed by atoms with Crippen molar-refractivity contribution >= 4 is 23.9 Å². The number of carbonyl (C=O) groups is 2. The Hall–Kier alpha value is -4.01. The zero-order valence-corrected chi connectivity index (χ0v) is 17.8. The van der Waals surface area contributed by atoms with Crippen LogP contribution in [0.1, 0.15) is 33.8 Å². The van der Waals surface area contributed by atoms with Crippen LogP contribution < -0.4 is 15.8 Å². The fourth-order valence-corrected chi connectivity index (χ4v) is 3.20. The molecule has 2 heterocycles. The fraction of sp³-hybridized carbons (Fsp3) is 0.261. The van der Waals surface area contributed by atoms with Gasteiger partial charge < -0.3 is 24.5 Å². The van der Waals surface area contributed by atoms with Gasteiger partial charge >= 0.3 is 0 Å². The lowest BCUT2D eigenvalue weighted by Crippen LogP contribution is -2.40. The molecule has 9 heteroatoms. The number of hydrogen-bond acceptors (Lipinski definition) is 7. The third-order valence-corrected chi connectivity index (χ3v) is 4.84. The molecule has 0 saturated carbocycles. The van der Waals surface area contributed by atoms with Crippen molar-refractivity contribution in [3.63, 3.8) is 0 Å². The van der Waals surface area contributed by atoms with Gasteiger partial charge in [-0.15, -0.1) is 0 Å². The van der Waals surface area contributed by atoms with Gasteiger partial charge in [-0.2, -0.15) is 0 Å². The van der Waals surface area contributed by atoms with E-state index in [4.69, 9.17) is 19.6 Å². The minimum Gasteiger partial charge on any atom is -0.497 e. The molecule has 1 aliphatic heterocycles. The maximum atomic E-state index is 12.7. The quantitative estimate of drug-likeness (QED) is 0.483. The Balaban J connectivity index is 1.50. The molecule has 0 atom stereocenters. The number of piperidine rings is 1. The third kappa shape index (κ3) is 6.00. The number of nitrogens with one attached hydrogen (secondary N) is 1. The smallest absolute Gasteiger partial charge is 0.289 e. The second-order valence-corrected chi connectivity index (χ2v) is 7.04. The first kappa shape index (κ1) is 22.7. The van der Waals surface area contributed by atoms with E-state index >= 15 is 0 Å². The van der Waals surface area contributed by atoms with E-state index in [9.17, 15) is 9.59 Å². The largest absolute Gasteiger partial charge is 0.497 e. The summed E-state index contributed by atoms with van der Waals surface area (Å²) in [4.78, 5) is 30.7. The zero-order valence-electron chi connectivity index (χ0n) is 17.8. The van der Waals surface area contributed by atoms with Crippen LogP contribution in [0.2, 0.25) is 0 Å². The van der Waals surface area contributed by atoms with Crippen molar-refractivity contribution in [2.45, 2.75) is 18.9 Å². The maximum Gasteiger partial charge on any atom is 0.289 e. The topological polar surface area (TPSA) is 119 Å². The van der Waals surface area contributed by atoms with Crippen LogP contribution in [0.25, 0.3) is 0 Å². The number of methoxy groups -OCH3 is 1. The maximum absolute atomic E-state index is 12.7. The standard InChI is InChI=1S/C23H26N4O5/c1-16(15-25-12-11-24)31-19-9-13-27(14-10-19)23(29)20-7-8-21(32-20)26-22(28)17-3-5-18(30-2)6-4-17/h3-8,11-12,15,19H,1,9-10,13-14,24H2,2H3,(H,26,28)/b12-11-,25-15-. The number of carbonyl (C=O) groups excluding carboxylic acids is 2. The number of rotatable bonds is 8. The molecule has 32 heavy (non-hydrogen) atoms.